The first-order chi connectivity index (χ1) is 14.3. The van der Waals surface area contributed by atoms with Crippen LogP contribution >= 0.6 is 23.1 Å². The van der Waals surface area contributed by atoms with Gasteiger partial charge in [-0.2, -0.15) is 4.31 Å². The number of anilines is 1. The van der Waals surface area contributed by atoms with E-state index in [2.05, 4.69) is 17.9 Å². The number of amides is 1. The molecule has 9 heteroatoms. The molecule has 3 heterocycles. The van der Waals surface area contributed by atoms with E-state index in [1.165, 1.54) is 11.3 Å². The first-order valence-electron chi connectivity index (χ1n) is 10.2. The molecular weight excluding hydrogens is 438 g/mol. The minimum atomic E-state index is -3.44. The number of aryl methyl sites for hydroxylation is 1. The maximum absolute atomic E-state index is 13.1. The van der Waals surface area contributed by atoms with Crippen molar-refractivity contribution in [2.45, 2.75) is 34.6 Å². The number of hydrogen-bond donors (Lipinski definition) is 0. The van der Waals surface area contributed by atoms with E-state index in [0.717, 1.165) is 28.4 Å². The van der Waals surface area contributed by atoms with Gasteiger partial charge in [0.25, 0.3) is 10.0 Å². The minimum absolute atomic E-state index is 0.0855. The molecule has 2 aromatic rings. The van der Waals surface area contributed by atoms with Gasteiger partial charge in [0.1, 0.15) is 4.21 Å². The molecule has 0 radical (unpaired) electrons. The number of hydrogen-bond acceptors (Lipinski definition) is 6. The van der Waals surface area contributed by atoms with Gasteiger partial charge < -0.3 is 4.90 Å². The summed E-state index contributed by atoms with van der Waals surface area (Å²) in [4.78, 5) is 19.2. The Morgan fingerprint density at radius 1 is 1.07 bits per heavy atom. The smallest absolute Gasteiger partial charge is 0.252 e. The lowest BCUT2D eigenvalue weighted by Gasteiger charge is -2.34. The van der Waals surface area contributed by atoms with Crippen LogP contribution in [0.15, 0.2) is 45.5 Å². The monoisotopic (exact) mass is 465 g/mol. The van der Waals surface area contributed by atoms with E-state index in [4.69, 9.17) is 0 Å². The first-order valence-corrected chi connectivity index (χ1v) is 13.3. The maximum atomic E-state index is 13.1. The molecule has 4 rings (SSSR count). The molecule has 0 bridgehead atoms. The Kier molecular flexibility index (Phi) is 6.55. The molecule has 0 N–H and O–H groups in total. The highest BCUT2D eigenvalue weighted by Gasteiger charge is 2.31. The molecule has 162 valence electrons. The van der Waals surface area contributed by atoms with Crippen LogP contribution in [0, 0.1) is 6.92 Å². The number of rotatable bonds is 4. The predicted octanol–water partition coefficient (Wildman–Crippen LogP) is 3.28. The highest BCUT2D eigenvalue weighted by atomic mass is 32.2. The van der Waals surface area contributed by atoms with E-state index in [9.17, 15) is 13.2 Å². The van der Waals surface area contributed by atoms with Crippen LogP contribution in [-0.2, 0) is 14.8 Å². The van der Waals surface area contributed by atoms with Crippen molar-refractivity contribution < 1.29 is 13.2 Å². The second-order valence-electron chi connectivity index (χ2n) is 7.78. The van der Waals surface area contributed by atoms with Crippen LogP contribution in [0.4, 0.5) is 5.69 Å². The summed E-state index contributed by atoms with van der Waals surface area (Å²) in [6, 6.07) is 11.6. The minimum Gasteiger partial charge on any atom is -0.310 e. The highest BCUT2D eigenvalue weighted by molar-refractivity contribution is 8.00. The molecule has 0 spiro atoms. The van der Waals surface area contributed by atoms with Crippen molar-refractivity contribution in [1.82, 2.24) is 9.21 Å². The van der Waals surface area contributed by atoms with Gasteiger partial charge in [-0.3, -0.25) is 9.69 Å². The fraction of sp³-hybridized carbons (Fsp3) is 0.476. The third kappa shape index (κ3) is 4.60. The number of sulfonamides is 1. The van der Waals surface area contributed by atoms with Gasteiger partial charge in [0.15, 0.2) is 0 Å². The fourth-order valence-corrected chi connectivity index (χ4v) is 7.80. The van der Waals surface area contributed by atoms with E-state index in [1.807, 2.05) is 47.9 Å². The lowest BCUT2D eigenvalue weighted by molar-refractivity contribution is -0.120. The third-order valence-corrected chi connectivity index (χ3v) is 10.1. The lowest BCUT2D eigenvalue weighted by atomic mass is 10.2. The molecule has 0 aliphatic carbocycles. The zero-order valence-electron chi connectivity index (χ0n) is 17.3. The van der Waals surface area contributed by atoms with Crippen molar-refractivity contribution in [3.63, 3.8) is 0 Å². The first kappa shape index (κ1) is 21.8. The van der Waals surface area contributed by atoms with Crippen LogP contribution in [0.2, 0.25) is 0 Å². The number of fused-ring (bicyclic) bond motifs is 1. The molecule has 1 amide bonds. The van der Waals surface area contributed by atoms with Gasteiger partial charge in [-0.1, -0.05) is 19.1 Å². The zero-order valence-corrected chi connectivity index (χ0v) is 19.7. The quantitative estimate of drug-likeness (QED) is 0.694. The molecule has 0 saturated carbocycles. The summed E-state index contributed by atoms with van der Waals surface area (Å²) in [5, 5.41) is 0.471. The SMILES string of the molecule is Cc1ccc(S(=O)(=O)N2CCN(CC(=O)N3CCC(C)Sc4ccccc43)CC2)s1. The van der Waals surface area contributed by atoms with Crippen LogP contribution in [0.5, 0.6) is 0 Å². The summed E-state index contributed by atoms with van der Waals surface area (Å²) in [5.41, 5.74) is 0.992. The van der Waals surface area contributed by atoms with Crippen molar-refractivity contribution in [3.8, 4) is 0 Å². The molecule has 1 aromatic heterocycles. The largest absolute Gasteiger partial charge is 0.310 e. The van der Waals surface area contributed by atoms with Crippen molar-refractivity contribution >= 4 is 44.7 Å². The van der Waals surface area contributed by atoms with Gasteiger partial charge in [-0.15, -0.1) is 23.1 Å². The predicted molar refractivity (Wildman–Crippen MR) is 123 cm³/mol. The lowest BCUT2D eigenvalue weighted by Crippen LogP contribution is -2.51. The van der Waals surface area contributed by atoms with Crippen LogP contribution < -0.4 is 4.90 Å². The molecular formula is C21H27N3O3S3. The number of thioether (sulfide) groups is 1. The molecule has 30 heavy (non-hydrogen) atoms. The van der Waals surface area contributed by atoms with E-state index in [-0.39, 0.29) is 5.91 Å². The number of para-hydroxylation sites is 1. The van der Waals surface area contributed by atoms with E-state index in [0.29, 0.717) is 42.2 Å². The summed E-state index contributed by atoms with van der Waals surface area (Å²) in [5.74, 6) is 0.0855. The van der Waals surface area contributed by atoms with Gasteiger partial charge in [-0.25, -0.2) is 8.42 Å². The van der Waals surface area contributed by atoms with E-state index < -0.39 is 10.0 Å². The van der Waals surface area contributed by atoms with Crippen LogP contribution in [-0.4, -0.2) is 68.0 Å². The molecule has 1 fully saturated rings. The molecule has 1 atom stereocenters. The number of benzene rings is 1. The van der Waals surface area contributed by atoms with Gasteiger partial charge in [0.05, 0.1) is 12.2 Å². The Morgan fingerprint density at radius 3 is 2.50 bits per heavy atom. The number of carbonyl (C=O) groups excluding carboxylic acids is 1. The second-order valence-corrected chi connectivity index (χ2v) is 12.7. The van der Waals surface area contributed by atoms with Crippen LogP contribution in [0.3, 0.4) is 0 Å². The summed E-state index contributed by atoms with van der Waals surface area (Å²) < 4.78 is 27.6. The third-order valence-electron chi connectivity index (χ3n) is 5.54. The molecule has 1 saturated heterocycles. The Morgan fingerprint density at radius 2 is 1.80 bits per heavy atom. The standard InChI is InChI=1S/C21H27N3O3S3/c1-16-7-8-21(29-16)30(26,27)23-13-11-22(12-14-23)15-20(25)24-10-9-17(2)28-19-6-4-3-5-18(19)24/h3-8,17H,9-15H2,1-2H3. The Bertz CT molecular complexity index is 1010. The summed E-state index contributed by atoms with van der Waals surface area (Å²) in [6.45, 7) is 7.10. The van der Waals surface area contributed by atoms with Crippen molar-refractivity contribution in [1.29, 1.82) is 0 Å². The van der Waals surface area contributed by atoms with E-state index in [1.54, 1.807) is 10.4 Å². The number of thiophene rings is 1. The fourth-order valence-electron chi connectivity index (χ4n) is 3.83. The average molecular weight is 466 g/mol. The van der Waals surface area contributed by atoms with Gasteiger partial charge >= 0.3 is 0 Å². The molecule has 1 aromatic carbocycles. The number of piperazine rings is 1. The Labute approximate surface area is 186 Å². The maximum Gasteiger partial charge on any atom is 0.252 e. The van der Waals surface area contributed by atoms with Gasteiger partial charge in [-0.05, 0) is 37.6 Å². The number of nitrogens with zero attached hydrogens (tertiary/aromatic N) is 3. The van der Waals surface area contributed by atoms with Crippen molar-refractivity contribution in [2.75, 3.05) is 44.2 Å². The summed E-state index contributed by atoms with van der Waals surface area (Å²) in [7, 11) is -3.44. The summed E-state index contributed by atoms with van der Waals surface area (Å²) in [6.07, 6.45) is 0.956. The topological polar surface area (TPSA) is 60.9 Å². The van der Waals surface area contributed by atoms with Gasteiger partial charge in [0, 0.05) is 47.7 Å². The van der Waals surface area contributed by atoms with Crippen molar-refractivity contribution in [2.24, 2.45) is 0 Å². The Hall–Kier alpha value is -1.39. The average Bonchev–Trinajstić information content (AvgIpc) is 3.09. The normalized spacial score (nSPS) is 21.3. The van der Waals surface area contributed by atoms with E-state index >= 15 is 0 Å². The highest BCUT2D eigenvalue weighted by Crippen LogP contribution is 2.37. The molecule has 2 aliphatic heterocycles. The van der Waals surface area contributed by atoms with Crippen LogP contribution in [0.25, 0.3) is 0 Å². The second kappa shape index (κ2) is 9.00. The van der Waals surface area contributed by atoms with Gasteiger partial charge in [0.2, 0.25) is 5.91 Å². The van der Waals surface area contributed by atoms with Crippen LogP contribution in [0.1, 0.15) is 18.2 Å². The van der Waals surface area contributed by atoms with Crippen molar-refractivity contribution in [3.05, 3.63) is 41.3 Å². The summed E-state index contributed by atoms with van der Waals surface area (Å²) >= 11 is 3.13. The molecule has 6 nitrogen and oxygen atoms in total. The Balaban J connectivity index is 1.39. The molecule has 1 unspecified atom stereocenters. The number of carbonyl (C=O) groups is 1. The zero-order chi connectivity index (χ0) is 21.3. The molecule has 2 aliphatic rings.